The van der Waals surface area contributed by atoms with Crippen LogP contribution in [-0.4, -0.2) is 62.0 Å². The van der Waals surface area contributed by atoms with Crippen LogP contribution < -0.4 is 0 Å². The first kappa shape index (κ1) is 15.5. The zero-order valence-electron chi connectivity index (χ0n) is 11.9. The van der Waals surface area contributed by atoms with E-state index >= 15 is 0 Å². The van der Waals surface area contributed by atoms with Gasteiger partial charge in [0.1, 0.15) is 6.54 Å². The van der Waals surface area contributed by atoms with E-state index in [4.69, 9.17) is 0 Å². The van der Waals surface area contributed by atoms with E-state index in [2.05, 4.69) is 9.13 Å². The molecule has 1 fully saturated rings. The average molecular weight is 315 g/mol. The van der Waals surface area contributed by atoms with Gasteiger partial charge in [0.2, 0.25) is 5.91 Å². The smallest absolute Gasteiger partial charge is 0.344 e. The number of carbonyl (C=O) groups is 2. The van der Waals surface area contributed by atoms with E-state index in [-0.39, 0.29) is 23.7 Å². The van der Waals surface area contributed by atoms with Crippen molar-refractivity contribution >= 4 is 27.8 Å². The summed E-state index contributed by atoms with van der Waals surface area (Å²) in [5, 5.41) is 0. The van der Waals surface area contributed by atoms with Crippen molar-refractivity contribution in [3.8, 4) is 0 Å². The first-order valence-corrected chi connectivity index (χ1v) is 7.91. The maximum Gasteiger partial charge on any atom is 0.344 e. The van der Waals surface area contributed by atoms with Crippen molar-refractivity contribution in [1.82, 2.24) is 9.21 Å². The first-order chi connectivity index (χ1) is 9.85. The lowest BCUT2D eigenvalue weighted by molar-refractivity contribution is -0.135. The Bertz CT molecular complexity index is 617. The van der Waals surface area contributed by atoms with Crippen molar-refractivity contribution in [1.29, 1.82) is 0 Å². The molecule has 0 atom stereocenters. The van der Waals surface area contributed by atoms with Gasteiger partial charge in [0.25, 0.3) is 0 Å². The molecule has 2 rings (SSSR count). The summed E-state index contributed by atoms with van der Waals surface area (Å²) in [5.41, 5.74) is 0.0771. The Balaban J connectivity index is 2.22. The second-order valence-corrected chi connectivity index (χ2v) is 6.37. The molecule has 2 aliphatic heterocycles. The summed E-state index contributed by atoms with van der Waals surface area (Å²) in [7, 11) is -2.79. The first-order valence-electron chi connectivity index (χ1n) is 6.52. The molecule has 0 aromatic carbocycles. The van der Waals surface area contributed by atoms with Gasteiger partial charge in [-0.2, -0.15) is 8.42 Å². The van der Waals surface area contributed by atoms with Crippen molar-refractivity contribution in [2.24, 2.45) is 4.40 Å². The van der Waals surface area contributed by atoms with Crippen LogP contribution in [0, 0.1) is 0 Å². The molecule has 1 amide bonds. The van der Waals surface area contributed by atoms with Crippen molar-refractivity contribution in [2.45, 2.75) is 19.8 Å². The van der Waals surface area contributed by atoms with Crippen molar-refractivity contribution in [3.05, 3.63) is 11.8 Å². The van der Waals surface area contributed by atoms with Crippen LogP contribution in [0.3, 0.4) is 0 Å². The minimum atomic E-state index is -3.98. The summed E-state index contributed by atoms with van der Waals surface area (Å²) in [5.74, 6) is -0.990. The van der Waals surface area contributed by atoms with Gasteiger partial charge in [0.05, 0.1) is 18.4 Å². The van der Waals surface area contributed by atoms with E-state index in [0.717, 1.165) is 23.3 Å². The second kappa shape index (κ2) is 5.84. The van der Waals surface area contributed by atoms with Crippen molar-refractivity contribution < 1.29 is 22.7 Å². The van der Waals surface area contributed by atoms with E-state index < -0.39 is 16.2 Å². The van der Waals surface area contributed by atoms with Gasteiger partial charge in [-0.05, 0) is 19.8 Å². The van der Waals surface area contributed by atoms with Crippen LogP contribution in [0.1, 0.15) is 19.8 Å². The lowest BCUT2D eigenvalue weighted by Gasteiger charge is -2.24. The maximum atomic E-state index is 12.1. The molecule has 116 valence electrons. The lowest BCUT2D eigenvalue weighted by atomic mass is 10.2. The summed E-state index contributed by atoms with van der Waals surface area (Å²) in [6, 6.07) is 0. The number of hydrogen-bond acceptors (Lipinski definition) is 5. The topological polar surface area (TPSA) is 96.4 Å². The average Bonchev–Trinajstić information content (AvgIpc) is 2.94. The van der Waals surface area contributed by atoms with Gasteiger partial charge >= 0.3 is 16.2 Å². The van der Waals surface area contributed by atoms with Gasteiger partial charge in [-0.25, -0.2) is 9.10 Å². The number of esters is 1. The van der Waals surface area contributed by atoms with E-state index in [1.807, 2.05) is 0 Å². The molecule has 0 aromatic heterocycles. The number of rotatable bonds is 3. The fraction of sp³-hybridized carbons (Fsp3) is 0.583. The number of likely N-dealkylation sites (tertiary alicyclic amines) is 1. The van der Waals surface area contributed by atoms with E-state index in [9.17, 15) is 18.0 Å². The van der Waals surface area contributed by atoms with Crippen molar-refractivity contribution in [2.75, 3.05) is 26.7 Å². The van der Waals surface area contributed by atoms with Crippen LogP contribution in [-0.2, 0) is 24.5 Å². The number of hydrogen-bond donors (Lipinski definition) is 0. The molecule has 1 saturated heterocycles. The highest BCUT2D eigenvalue weighted by molar-refractivity contribution is 7.88. The van der Waals surface area contributed by atoms with Crippen LogP contribution in [0.4, 0.5) is 0 Å². The highest BCUT2D eigenvalue weighted by Gasteiger charge is 2.31. The number of methoxy groups -OCH3 is 1. The third kappa shape index (κ3) is 3.23. The maximum absolute atomic E-state index is 12.1. The molecule has 9 heteroatoms. The van der Waals surface area contributed by atoms with Gasteiger partial charge in [-0.3, -0.25) is 4.79 Å². The molecule has 8 nitrogen and oxygen atoms in total. The standard InChI is InChI=1S/C12H17N3O5S/c1-9-10(12(17)20-2)7-15(21(18,19)13-9)8-11(16)14-5-3-4-6-14/h7H,3-6,8H2,1-2H3. The second-order valence-electron chi connectivity index (χ2n) is 4.82. The highest BCUT2D eigenvalue weighted by Crippen LogP contribution is 2.18. The molecule has 0 aliphatic carbocycles. The van der Waals surface area contributed by atoms with Gasteiger partial charge in [-0.15, -0.1) is 4.40 Å². The molecule has 0 unspecified atom stereocenters. The van der Waals surface area contributed by atoms with E-state index in [1.54, 1.807) is 4.90 Å². The van der Waals surface area contributed by atoms with E-state index in [0.29, 0.717) is 13.1 Å². The predicted molar refractivity (Wildman–Crippen MR) is 74.6 cm³/mol. The Kier molecular flexibility index (Phi) is 4.31. The van der Waals surface area contributed by atoms with E-state index in [1.165, 1.54) is 14.0 Å². The summed E-state index contributed by atoms with van der Waals surface area (Å²) < 4.78 is 32.8. The Hall–Kier alpha value is -1.90. The molecule has 2 aliphatic rings. The lowest BCUT2D eigenvalue weighted by Crippen LogP contribution is -2.41. The fourth-order valence-electron chi connectivity index (χ4n) is 2.22. The number of ether oxygens (including phenoxy) is 1. The largest absolute Gasteiger partial charge is 0.465 e. The third-order valence-corrected chi connectivity index (χ3v) is 4.70. The van der Waals surface area contributed by atoms with Crippen LogP contribution in [0.25, 0.3) is 0 Å². The Morgan fingerprint density at radius 1 is 1.33 bits per heavy atom. The third-order valence-electron chi connectivity index (χ3n) is 3.37. The number of amides is 1. The SMILES string of the molecule is COC(=O)C1=CN(CC(=O)N2CCCC2)S(=O)(=O)N=C1C. The number of nitrogens with zero attached hydrogens (tertiary/aromatic N) is 3. The molecule has 0 N–H and O–H groups in total. The summed E-state index contributed by atoms with van der Waals surface area (Å²) in [6.07, 6.45) is 2.94. The van der Waals surface area contributed by atoms with Crippen LogP contribution in [0.2, 0.25) is 0 Å². The molecule has 0 spiro atoms. The van der Waals surface area contributed by atoms with Crippen molar-refractivity contribution in [3.63, 3.8) is 0 Å². The predicted octanol–water partition coefficient (Wildman–Crippen LogP) is -0.313. The monoisotopic (exact) mass is 315 g/mol. The molecule has 0 aromatic rings. The molecular weight excluding hydrogens is 298 g/mol. The van der Waals surface area contributed by atoms with Crippen LogP contribution in [0.15, 0.2) is 16.2 Å². The molecule has 0 bridgehead atoms. The van der Waals surface area contributed by atoms with Gasteiger partial charge in [0, 0.05) is 19.3 Å². The zero-order valence-corrected chi connectivity index (χ0v) is 12.7. The quantitative estimate of drug-likeness (QED) is 0.665. The highest BCUT2D eigenvalue weighted by atomic mass is 32.2. The van der Waals surface area contributed by atoms with Gasteiger partial charge in [-0.1, -0.05) is 0 Å². The number of carbonyl (C=O) groups excluding carboxylic acids is 2. The molecule has 21 heavy (non-hydrogen) atoms. The molecule has 0 radical (unpaired) electrons. The summed E-state index contributed by atoms with van der Waals surface area (Å²) in [6.45, 7) is 2.30. The fourth-order valence-corrected chi connectivity index (χ4v) is 3.28. The minimum Gasteiger partial charge on any atom is -0.465 e. The molecule has 0 saturated carbocycles. The Morgan fingerprint density at radius 3 is 2.52 bits per heavy atom. The zero-order chi connectivity index (χ0) is 15.6. The molecule has 2 heterocycles. The van der Waals surface area contributed by atoms with Gasteiger partial charge < -0.3 is 9.64 Å². The summed E-state index contributed by atoms with van der Waals surface area (Å²) >= 11 is 0. The minimum absolute atomic E-state index is 0.0292. The van der Waals surface area contributed by atoms with Gasteiger partial charge in [0.15, 0.2) is 0 Å². The Morgan fingerprint density at radius 2 is 1.95 bits per heavy atom. The Labute approximate surface area is 123 Å². The van der Waals surface area contributed by atoms with Crippen LogP contribution in [0.5, 0.6) is 0 Å². The molecular formula is C12H17N3O5S. The van der Waals surface area contributed by atoms with Crippen LogP contribution >= 0.6 is 0 Å². The normalized spacial score (nSPS) is 20.9. The summed E-state index contributed by atoms with van der Waals surface area (Å²) in [4.78, 5) is 25.2.